The predicted molar refractivity (Wildman–Crippen MR) is 110 cm³/mol. The van der Waals surface area contributed by atoms with Crippen molar-refractivity contribution >= 4 is 18.0 Å². The van der Waals surface area contributed by atoms with E-state index < -0.39 is 28.9 Å². The first kappa shape index (κ1) is 22.7. The van der Waals surface area contributed by atoms with Gasteiger partial charge in [-0.3, -0.25) is 4.79 Å². The number of rotatable bonds is 1. The lowest BCUT2D eigenvalue weighted by atomic mass is 9.88. The summed E-state index contributed by atoms with van der Waals surface area (Å²) in [5, 5.41) is 0.997. The van der Waals surface area contributed by atoms with Crippen LogP contribution in [0.5, 0.6) is 0 Å². The van der Waals surface area contributed by atoms with Gasteiger partial charge in [-0.1, -0.05) is 24.3 Å². The van der Waals surface area contributed by atoms with E-state index in [1.54, 1.807) is 60.6 Å². The predicted octanol–water partition coefficient (Wildman–Crippen LogP) is 4.64. The number of amides is 2. The smallest absolute Gasteiger partial charge is 0.430 e. The zero-order valence-corrected chi connectivity index (χ0v) is 18.4. The second-order valence-corrected chi connectivity index (χ2v) is 9.54. The fraction of sp³-hybridized carbons (Fsp3) is 0.591. The second kappa shape index (κ2) is 8.05. The molecule has 1 atom stereocenters. The van der Waals surface area contributed by atoms with Crippen LogP contribution in [0, 0.1) is 0 Å². The first-order valence-corrected chi connectivity index (χ1v) is 9.88. The van der Waals surface area contributed by atoms with Crippen molar-refractivity contribution < 1.29 is 23.9 Å². The van der Waals surface area contributed by atoms with Gasteiger partial charge in [-0.05, 0) is 73.3 Å². The fourth-order valence-electron chi connectivity index (χ4n) is 3.27. The SMILES string of the molecule is CC(C)(C)OC(=O)NN(C(=O)OC(C)(C)C)[C@@]1(C)CCCc2ccccc2C1=O. The molecule has 0 aliphatic heterocycles. The molecule has 1 N–H and O–H groups in total. The molecule has 7 heteroatoms. The van der Waals surface area contributed by atoms with Gasteiger partial charge in [0.2, 0.25) is 0 Å². The number of aryl methyl sites for hydroxylation is 1. The molecule has 29 heavy (non-hydrogen) atoms. The number of hydrogen-bond donors (Lipinski definition) is 1. The summed E-state index contributed by atoms with van der Waals surface area (Å²) in [6.07, 6.45) is 0.129. The minimum Gasteiger partial charge on any atom is -0.443 e. The van der Waals surface area contributed by atoms with Crippen LogP contribution in [0.15, 0.2) is 24.3 Å². The largest absolute Gasteiger partial charge is 0.443 e. The van der Waals surface area contributed by atoms with Crippen molar-refractivity contribution in [2.75, 3.05) is 0 Å². The molecule has 0 saturated heterocycles. The van der Waals surface area contributed by atoms with Crippen LogP contribution in [0.2, 0.25) is 0 Å². The van der Waals surface area contributed by atoms with Crippen LogP contribution >= 0.6 is 0 Å². The van der Waals surface area contributed by atoms with Crippen molar-refractivity contribution in [3.05, 3.63) is 35.4 Å². The molecular formula is C22H32N2O5. The summed E-state index contributed by atoms with van der Waals surface area (Å²) in [5.74, 6) is -0.243. The van der Waals surface area contributed by atoms with E-state index in [0.717, 1.165) is 10.6 Å². The van der Waals surface area contributed by atoms with E-state index in [9.17, 15) is 14.4 Å². The number of nitrogens with zero attached hydrogens (tertiary/aromatic N) is 1. The molecule has 1 aromatic carbocycles. The molecule has 0 heterocycles. The van der Waals surface area contributed by atoms with Crippen LogP contribution in [0.4, 0.5) is 9.59 Å². The van der Waals surface area contributed by atoms with Gasteiger partial charge in [-0.25, -0.2) is 20.0 Å². The van der Waals surface area contributed by atoms with E-state index in [1.807, 2.05) is 12.1 Å². The van der Waals surface area contributed by atoms with Gasteiger partial charge < -0.3 is 9.47 Å². The van der Waals surface area contributed by atoms with E-state index in [-0.39, 0.29) is 5.78 Å². The summed E-state index contributed by atoms with van der Waals surface area (Å²) in [6, 6.07) is 7.35. The second-order valence-electron chi connectivity index (χ2n) is 9.54. The molecule has 2 amide bonds. The molecule has 0 spiro atoms. The van der Waals surface area contributed by atoms with Gasteiger partial charge in [0, 0.05) is 5.56 Å². The third-order valence-corrected chi connectivity index (χ3v) is 4.53. The van der Waals surface area contributed by atoms with E-state index in [4.69, 9.17) is 9.47 Å². The zero-order chi connectivity index (χ0) is 22.0. The number of fused-ring (bicyclic) bond motifs is 1. The summed E-state index contributed by atoms with van der Waals surface area (Å²) in [5.41, 5.74) is 1.08. The van der Waals surface area contributed by atoms with Crippen molar-refractivity contribution in [2.45, 2.75) is 84.5 Å². The van der Waals surface area contributed by atoms with Crippen LogP contribution in [-0.4, -0.2) is 39.7 Å². The van der Waals surface area contributed by atoms with Gasteiger partial charge >= 0.3 is 12.2 Å². The van der Waals surface area contributed by atoms with Gasteiger partial charge in [0.1, 0.15) is 16.7 Å². The minimum atomic E-state index is -1.31. The average molecular weight is 405 g/mol. The molecule has 160 valence electrons. The molecule has 0 aromatic heterocycles. The van der Waals surface area contributed by atoms with E-state index in [1.165, 1.54) is 0 Å². The Kier molecular flexibility index (Phi) is 6.30. The highest BCUT2D eigenvalue weighted by Crippen LogP contribution is 2.32. The number of ether oxygens (including phenoxy) is 2. The van der Waals surface area contributed by atoms with Gasteiger partial charge in [0.05, 0.1) is 0 Å². The molecule has 0 unspecified atom stereocenters. The molecule has 0 fully saturated rings. The van der Waals surface area contributed by atoms with Crippen molar-refractivity contribution in [2.24, 2.45) is 0 Å². The highest BCUT2D eigenvalue weighted by Gasteiger charge is 2.47. The highest BCUT2D eigenvalue weighted by atomic mass is 16.6. The van der Waals surface area contributed by atoms with Crippen LogP contribution in [0.1, 0.15) is 77.2 Å². The van der Waals surface area contributed by atoms with Crippen LogP contribution in [-0.2, 0) is 15.9 Å². The van der Waals surface area contributed by atoms with Crippen molar-refractivity contribution in [1.82, 2.24) is 10.4 Å². The third kappa shape index (κ3) is 5.71. The standard InChI is InChI=1S/C22H32N2O5/c1-20(2,3)28-18(26)23-24(19(27)29-21(4,5)6)22(7)14-10-12-15-11-8-9-13-16(15)17(22)25/h8-9,11,13H,10,12,14H2,1-7H3,(H,23,26)/t22-/m0/s1. The molecule has 1 aliphatic carbocycles. The van der Waals surface area contributed by atoms with Crippen molar-refractivity contribution in [1.29, 1.82) is 0 Å². The molecule has 1 aromatic rings. The quantitative estimate of drug-likeness (QED) is 0.544. The fourth-order valence-corrected chi connectivity index (χ4v) is 3.27. The highest BCUT2D eigenvalue weighted by molar-refractivity contribution is 6.06. The monoisotopic (exact) mass is 404 g/mol. The number of benzene rings is 1. The Balaban J connectivity index is 2.44. The van der Waals surface area contributed by atoms with E-state index in [0.29, 0.717) is 24.8 Å². The number of carbonyl (C=O) groups is 3. The lowest BCUT2D eigenvalue weighted by molar-refractivity contribution is -0.0249. The van der Waals surface area contributed by atoms with Crippen LogP contribution < -0.4 is 5.43 Å². The Hall–Kier alpha value is -2.57. The third-order valence-electron chi connectivity index (χ3n) is 4.53. The Morgan fingerprint density at radius 3 is 2.21 bits per heavy atom. The van der Waals surface area contributed by atoms with E-state index in [2.05, 4.69) is 5.43 Å². The topological polar surface area (TPSA) is 84.9 Å². The van der Waals surface area contributed by atoms with Crippen molar-refractivity contribution in [3.63, 3.8) is 0 Å². The number of carbonyl (C=O) groups excluding carboxylic acids is 3. The molecule has 0 bridgehead atoms. The zero-order valence-electron chi connectivity index (χ0n) is 18.4. The van der Waals surface area contributed by atoms with Crippen LogP contribution in [0.3, 0.4) is 0 Å². The summed E-state index contributed by atoms with van der Waals surface area (Å²) in [4.78, 5) is 39.0. The van der Waals surface area contributed by atoms with Crippen LogP contribution in [0.25, 0.3) is 0 Å². The molecule has 2 rings (SSSR count). The van der Waals surface area contributed by atoms with E-state index >= 15 is 0 Å². The number of hydrazine groups is 1. The lowest BCUT2D eigenvalue weighted by Crippen LogP contribution is -2.63. The Morgan fingerprint density at radius 1 is 1.03 bits per heavy atom. The number of ketones is 1. The summed E-state index contributed by atoms with van der Waals surface area (Å²) in [6.45, 7) is 12.0. The summed E-state index contributed by atoms with van der Waals surface area (Å²) < 4.78 is 10.8. The number of nitrogens with one attached hydrogen (secondary N) is 1. The van der Waals surface area contributed by atoms with Crippen molar-refractivity contribution in [3.8, 4) is 0 Å². The Bertz CT molecular complexity index is 791. The van der Waals surface area contributed by atoms with Gasteiger partial charge in [-0.15, -0.1) is 0 Å². The average Bonchev–Trinajstić information content (AvgIpc) is 2.68. The Labute approximate surface area is 172 Å². The number of hydrogen-bond acceptors (Lipinski definition) is 5. The molecule has 0 saturated carbocycles. The first-order valence-electron chi connectivity index (χ1n) is 9.88. The Morgan fingerprint density at radius 2 is 1.62 bits per heavy atom. The van der Waals surface area contributed by atoms with Gasteiger partial charge in [0.15, 0.2) is 5.78 Å². The van der Waals surface area contributed by atoms with Gasteiger partial charge in [-0.2, -0.15) is 0 Å². The maximum absolute atomic E-state index is 13.5. The first-order chi connectivity index (χ1) is 13.2. The lowest BCUT2D eigenvalue weighted by Gasteiger charge is -2.39. The van der Waals surface area contributed by atoms with Gasteiger partial charge in [0.25, 0.3) is 0 Å². The molecule has 1 aliphatic rings. The maximum atomic E-state index is 13.5. The molecule has 0 radical (unpaired) electrons. The number of Topliss-reactive ketones (excluding diaryl/α,β-unsaturated/α-hetero) is 1. The minimum absolute atomic E-state index is 0.243. The molecular weight excluding hydrogens is 372 g/mol. The summed E-state index contributed by atoms with van der Waals surface area (Å²) >= 11 is 0. The normalized spacial score (nSPS) is 19.6. The maximum Gasteiger partial charge on any atom is 0.430 e. The summed E-state index contributed by atoms with van der Waals surface area (Å²) in [7, 11) is 0. The molecule has 7 nitrogen and oxygen atoms in total.